The normalized spacial score (nSPS) is 9.18. The van der Waals surface area contributed by atoms with Crippen LogP contribution in [0.2, 0.25) is 0 Å². The molecule has 4 nitrogen and oxygen atoms in total. The van der Waals surface area contributed by atoms with Crippen LogP contribution in [0.5, 0.6) is 0 Å². The van der Waals surface area contributed by atoms with E-state index in [1.807, 2.05) is 0 Å². The van der Waals surface area contributed by atoms with Gasteiger partial charge in [-0.15, -0.1) is 13.2 Å². The fraction of sp³-hybridized carbons (Fsp3) is 0.385. The maximum absolute atomic E-state index is 11.3. The van der Waals surface area contributed by atoms with Crippen molar-refractivity contribution in [1.82, 2.24) is 0 Å². The van der Waals surface area contributed by atoms with Gasteiger partial charge in [-0.1, -0.05) is 18.7 Å². The average Bonchev–Trinajstić information content (AvgIpc) is 2.29. The summed E-state index contributed by atoms with van der Waals surface area (Å²) < 4.78 is 9.67. The zero-order valence-corrected chi connectivity index (χ0v) is 9.94. The molecule has 0 unspecified atom stereocenters. The number of hydrogen-bond donors (Lipinski definition) is 0. The third-order valence-corrected chi connectivity index (χ3v) is 1.79. The minimum atomic E-state index is -0.576. The first-order valence-corrected chi connectivity index (χ1v) is 5.34. The smallest absolute Gasteiger partial charge is 0.334 e. The molecule has 0 saturated carbocycles. The van der Waals surface area contributed by atoms with Gasteiger partial charge in [0.1, 0.15) is 0 Å². The van der Waals surface area contributed by atoms with Crippen LogP contribution >= 0.6 is 0 Å². The molecule has 0 saturated heterocycles. The molecule has 0 aromatic heterocycles. The molecule has 0 radical (unpaired) electrons. The summed E-state index contributed by atoms with van der Waals surface area (Å²) >= 11 is 0. The Morgan fingerprint density at radius 1 is 1.00 bits per heavy atom. The summed E-state index contributed by atoms with van der Waals surface area (Å²) in [5.74, 6) is -1.06. The van der Waals surface area contributed by atoms with E-state index in [1.54, 1.807) is 12.2 Å². The number of ether oxygens (including phenoxy) is 2. The van der Waals surface area contributed by atoms with Gasteiger partial charge in [0.15, 0.2) is 0 Å². The van der Waals surface area contributed by atoms with Crippen LogP contribution in [0.15, 0.2) is 37.5 Å². The van der Waals surface area contributed by atoms with Gasteiger partial charge < -0.3 is 9.47 Å². The van der Waals surface area contributed by atoms with Crippen LogP contribution in [0.25, 0.3) is 0 Å². The van der Waals surface area contributed by atoms with Gasteiger partial charge in [0.2, 0.25) is 0 Å². The highest BCUT2D eigenvalue weighted by molar-refractivity contribution is 5.93. The Labute approximate surface area is 102 Å². The molecule has 0 aromatic carbocycles. The molecule has 0 rings (SSSR count). The van der Waals surface area contributed by atoms with Crippen molar-refractivity contribution in [2.75, 3.05) is 13.2 Å². The number of carbonyl (C=O) groups is 2. The van der Waals surface area contributed by atoms with Crippen LogP contribution in [0.4, 0.5) is 0 Å². The van der Waals surface area contributed by atoms with E-state index in [-0.39, 0.29) is 25.2 Å². The van der Waals surface area contributed by atoms with Gasteiger partial charge in [-0.3, -0.25) is 4.79 Å². The lowest BCUT2D eigenvalue weighted by Crippen LogP contribution is -2.13. The number of esters is 2. The van der Waals surface area contributed by atoms with E-state index in [0.29, 0.717) is 12.8 Å². The molecule has 0 aliphatic rings. The summed E-state index contributed by atoms with van der Waals surface area (Å²) in [6.45, 7) is 11.0. The predicted molar refractivity (Wildman–Crippen MR) is 65.3 cm³/mol. The Bertz CT molecular complexity index is 305. The van der Waals surface area contributed by atoms with E-state index in [4.69, 9.17) is 9.47 Å². The second kappa shape index (κ2) is 9.39. The van der Waals surface area contributed by atoms with E-state index >= 15 is 0 Å². The van der Waals surface area contributed by atoms with Crippen molar-refractivity contribution < 1.29 is 19.1 Å². The van der Waals surface area contributed by atoms with Crippen molar-refractivity contribution >= 4 is 11.9 Å². The van der Waals surface area contributed by atoms with E-state index in [1.165, 1.54) is 0 Å². The second-order valence-corrected chi connectivity index (χ2v) is 3.29. The number of rotatable bonds is 9. The van der Waals surface area contributed by atoms with Gasteiger partial charge in [0.25, 0.3) is 0 Å². The summed E-state index contributed by atoms with van der Waals surface area (Å²) in [6.07, 6.45) is 4.29. The molecule has 0 bridgehead atoms. The highest BCUT2D eigenvalue weighted by Crippen LogP contribution is 2.04. The quantitative estimate of drug-likeness (QED) is 0.267. The summed E-state index contributed by atoms with van der Waals surface area (Å²) in [4.78, 5) is 22.5. The SMILES string of the molecule is C=CCCOC(=O)CC(=C)C(=O)OCCC=C. The van der Waals surface area contributed by atoms with Gasteiger partial charge in [0, 0.05) is 5.57 Å². The first-order chi connectivity index (χ1) is 8.11. The molecule has 0 amide bonds. The molecule has 0 atom stereocenters. The molecule has 0 heterocycles. The lowest BCUT2D eigenvalue weighted by Gasteiger charge is -2.06. The summed E-state index contributed by atoms with van der Waals surface area (Å²) in [5, 5.41) is 0. The Balaban J connectivity index is 3.82. The fourth-order valence-electron chi connectivity index (χ4n) is 0.891. The molecule has 0 aliphatic carbocycles. The molecule has 0 aliphatic heterocycles. The minimum absolute atomic E-state index is 0.0951. The number of carbonyl (C=O) groups excluding carboxylic acids is 2. The average molecular weight is 238 g/mol. The van der Waals surface area contributed by atoms with Crippen LogP contribution < -0.4 is 0 Å². The van der Waals surface area contributed by atoms with Crippen LogP contribution in [0, 0.1) is 0 Å². The lowest BCUT2D eigenvalue weighted by molar-refractivity contribution is -0.146. The minimum Gasteiger partial charge on any atom is -0.465 e. The maximum Gasteiger partial charge on any atom is 0.334 e. The first kappa shape index (κ1) is 15.2. The second-order valence-electron chi connectivity index (χ2n) is 3.29. The van der Waals surface area contributed by atoms with Crippen molar-refractivity contribution in [2.24, 2.45) is 0 Å². The van der Waals surface area contributed by atoms with Crippen LogP contribution in [0.1, 0.15) is 19.3 Å². The van der Waals surface area contributed by atoms with Gasteiger partial charge in [-0.05, 0) is 12.8 Å². The summed E-state index contributed by atoms with van der Waals surface area (Å²) in [5.41, 5.74) is 0.0951. The van der Waals surface area contributed by atoms with Crippen molar-refractivity contribution in [3.05, 3.63) is 37.5 Å². The number of hydrogen-bond acceptors (Lipinski definition) is 4. The third kappa shape index (κ3) is 8.02. The zero-order valence-electron chi connectivity index (χ0n) is 9.94. The molecular weight excluding hydrogens is 220 g/mol. The van der Waals surface area contributed by atoms with Gasteiger partial charge in [0.05, 0.1) is 19.6 Å². The van der Waals surface area contributed by atoms with Crippen LogP contribution in [-0.2, 0) is 19.1 Å². The van der Waals surface area contributed by atoms with E-state index < -0.39 is 11.9 Å². The first-order valence-electron chi connectivity index (χ1n) is 5.34. The standard InChI is InChI=1S/C13H18O4/c1-4-6-8-16-12(14)10-11(3)13(15)17-9-7-5-2/h4-5H,1-3,6-10H2. The topological polar surface area (TPSA) is 52.6 Å². The van der Waals surface area contributed by atoms with Gasteiger partial charge in [-0.25, -0.2) is 4.79 Å². The molecule has 0 spiro atoms. The van der Waals surface area contributed by atoms with Gasteiger partial charge in [-0.2, -0.15) is 0 Å². The molecule has 4 heteroatoms. The van der Waals surface area contributed by atoms with Crippen LogP contribution in [0.3, 0.4) is 0 Å². The molecule has 0 aromatic rings. The van der Waals surface area contributed by atoms with Crippen molar-refractivity contribution in [3.63, 3.8) is 0 Å². The summed E-state index contributed by atoms with van der Waals surface area (Å²) in [6, 6.07) is 0. The highest BCUT2D eigenvalue weighted by atomic mass is 16.5. The van der Waals surface area contributed by atoms with Crippen LogP contribution in [-0.4, -0.2) is 25.2 Å². The zero-order chi connectivity index (χ0) is 13.1. The lowest BCUT2D eigenvalue weighted by atomic mass is 10.2. The molecule has 17 heavy (non-hydrogen) atoms. The monoisotopic (exact) mass is 238 g/mol. The van der Waals surface area contributed by atoms with E-state index in [9.17, 15) is 9.59 Å². The van der Waals surface area contributed by atoms with Crippen molar-refractivity contribution in [1.29, 1.82) is 0 Å². The molecule has 0 fully saturated rings. The Morgan fingerprint density at radius 3 is 2.06 bits per heavy atom. The van der Waals surface area contributed by atoms with Crippen molar-refractivity contribution in [2.45, 2.75) is 19.3 Å². The van der Waals surface area contributed by atoms with Gasteiger partial charge >= 0.3 is 11.9 Å². The molecular formula is C13H18O4. The fourth-order valence-corrected chi connectivity index (χ4v) is 0.891. The van der Waals surface area contributed by atoms with E-state index in [0.717, 1.165) is 0 Å². The Hall–Kier alpha value is -1.84. The summed E-state index contributed by atoms with van der Waals surface area (Å²) in [7, 11) is 0. The largest absolute Gasteiger partial charge is 0.465 e. The molecule has 0 N–H and O–H groups in total. The van der Waals surface area contributed by atoms with Crippen molar-refractivity contribution in [3.8, 4) is 0 Å². The molecule has 94 valence electrons. The highest BCUT2D eigenvalue weighted by Gasteiger charge is 2.13. The maximum atomic E-state index is 11.3. The van der Waals surface area contributed by atoms with E-state index in [2.05, 4.69) is 19.7 Å². The predicted octanol–water partition coefficient (Wildman–Crippen LogP) is 2.17. The Morgan fingerprint density at radius 2 is 1.53 bits per heavy atom. The third-order valence-electron chi connectivity index (χ3n) is 1.79. The Kier molecular flexibility index (Phi) is 8.37.